The molecule has 0 fully saturated rings. The molecule has 0 aliphatic carbocycles. The Bertz CT molecular complexity index is 1120. The van der Waals surface area contributed by atoms with E-state index in [4.69, 9.17) is 4.74 Å². The fourth-order valence-electron chi connectivity index (χ4n) is 3.93. The SMILES string of the molecule is CCc1c(C(=O)O)c(-c2ccccc2)n(-c2ccccc2CNC(=O)OC(C)(C)C)c1C. The van der Waals surface area contributed by atoms with Gasteiger partial charge in [0, 0.05) is 12.2 Å². The van der Waals surface area contributed by atoms with Crippen molar-refractivity contribution in [1.82, 2.24) is 9.88 Å². The quantitative estimate of drug-likeness (QED) is 0.519. The molecular weight excluding hydrogens is 404 g/mol. The summed E-state index contributed by atoms with van der Waals surface area (Å²) in [6, 6.07) is 17.2. The highest BCUT2D eigenvalue weighted by atomic mass is 16.6. The molecule has 1 amide bonds. The number of aromatic carboxylic acids is 1. The number of nitrogens with one attached hydrogen (secondary N) is 1. The van der Waals surface area contributed by atoms with E-state index in [1.54, 1.807) is 0 Å². The summed E-state index contributed by atoms with van der Waals surface area (Å²) in [5, 5.41) is 12.9. The van der Waals surface area contributed by atoms with Crippen molar-refractivity contribution in [1.29, 1.82) is 0 Å². The third-order valence-electron chi connectivity index (χ3n) is 5.20. The zero-order chi connectivity index (χ0) is 23.5. The molecule has 168 valence electrons. The molecule has 6 nitrogen and oxygen atoms in total. The Morgan fingerprint density at radius 3 is 2.25 bits per heavy atom. The van der Waals surface area contributed by atoms with E-state index in [0.29, 0.717) is 17.7 Å². The summed E-state index contributed by atoms with van der Waals surface area (Å²) in [5.41, 5.74) is 4.52. The van der Waals surface area contributed by atoms with Gasteiger partial charge < -0.3 is 19.7 Å². The molecule has 0 unspecified atom stereocenters. The van der Waals surface area contributed by atoms with Gasteiger partial charge in [-0.15, -0.1) is 0 Å². The second-order valence-electron chi connectivity index (χ2n) is 8.63. The lowest BCUT2D eigenvalue weighted by atomic mass is 10.0. The third kappa shape index (κ3) is 4.85. The summed E-state index contributed by atoms with van der Waals surface area (Å²) in [5.74, 6) is -0.952. The molecule has 3 rings (SSSR count). The number of carboxylic acids is 1. The number of hydrogen-bond donors (Lipinski definition) is 2. The van der Waals surface area contributed by atoms with Crippen molar-refractivity contribution in [3.8, 4) is 16.9 Å². The predicted molar refractivity (Wildman–Crippen MR) is 125 cm³/mol. The highest BCUT2D eigenvalue weighted by molar-refractivity contribution is 5.98. The first-order valence-electron chi connectivity index (χ1n) is 10.7. The number of hydrogen-bond acceptors (Lipinski definition) is 3. The average molecular weight is 435 g/mol. The number of nitrogens with zero attached hydrogens (tertiary/aromatic N) is 1. The molecule has 2 aromatic carbocycles. The summed E-state index contributed by atoms with van der Waals surface area (Å²) in [4.78, 5) is 24.5. The minimum atomic E-state index is -0.952. The maximum absolute atomic E-state index is 12.3. The smallest absolute Gasteiger partial charge is 0.407 e. The number of carbonyl (C=O) groups is 2. The number of benzene rings is 2. The Balaban J connectivity index is 2.15. The van der Waals surface area contributed by atoms with Gasteiger partial charge in [-0.1, -0.05) is 55.5 Å². The molecule has 0 aliphatic rings. The van der Waals surface area contributed by atoms with E-state index in [1.807, 2.05) is 93.8 Å². The molecule has 0 saturated carbocycles. The lowest BCUT2D eigenvalue weighted by Crippen LogP contribution is -2.32. The first-order valence-corrected chi connectivity index (χ1v) is 10.7. The van der Waals surface area contributed by atoms with Gasteiger partial charge in [0.1, 0.15) is 5.60 Å². The van der Waals surface area contributed by atoms with Crippen LogP contribution in [0.15, 0.2) is 54.6 Å². The number of para-hydroxylation sites is 1. The second-order valence-corrected chi connectivity index (χ2v) is 8.63. The van der Waals surface area contributed by atoms with Crippen molar-refractivity contribution in [3.05, 3.63) is 77.0 Å². The van der Waals surface area contributed by atoms with Crippen LogP contribution in [0.3, 0.4) is 0 Å². The van der Waals surface area contributed by atoms with Crippen LogP contribution in [0.4, 0.5) is 4.79 Å². The van der Waals surface area contributed by atoms with Gasteiger partial charge >= 0.3 is 12.1 Å². The van der Waals surface area contributed by atoms with Crippen LogP contribution in [-0.2, 0) is 17.7 Å². The highest BCUT2D eigenvalue weighted by Gasteiger charge is 2.27. The summed E-state index contributed by atoms with van der Waals surface area (Å²) >= 11 is 0. The summed E-state index contributed by atoms with van der Waals surface area (Å²) in [6.45, 7) is 9.60. The van der Waals surface area contributed by atoms with Crippen LogP contribution in [0.2, 0.25) is 0 Å². The van der Waals surface area contributed by atoms with Gasteiger partial charge in [-0.05, 0) is 56.9 Å². The number of carbonyl (C=O) groups excluding carboxylic acids is 1. The Kier molecular flexibility index (Phi) is 6.72. The number of aromatic nitrogens is 1. The minimum Gasteiger partial charge on any atom is -0.478 e. The molecule has 0 aliphatic heterocycles. The van der Waals surface area contributed by atoms with E-state index in [1.165, 1.54) is 0 Å². The van der Waals surface area contributed by atoms with Crippen LogP contribution in [0.5, 0.6) is 0 Å². The van der Waals surface area contributed by atoms with Gasteiger partial charge in [0.25, 0.3) is 0 Å². The molecule has 0 spiro atoms. The van der Waals surface area contributed by atoms with Gasteiger partial charge in [-0.25, -0.2) is 9.59 Å². The van der Waals surface area contributed by atoms with E-state index < -0.39 is 17.7 Å². The number of alkyl carbamates (subject to hydrolysis) is 1. The Labute approximate surface area is 188 Å². The zero-order valence-electron chi connectivity index (χ0n) is 19.2. The fourth-order valence-corrected chi connectivity index (χ4v) is 3.93. The van der Waals surface area contributed by atoms with Crippen molar-refractivity contribution in [2.45, 2.75) is 53.2 Å². The molecule has 1 aromatic heterocycles. The zero-order valence-corrected chi connectivity index (χ0v) is 19.2. The van der Waals surface area contributed by atoms with E-state index in [0.717, 1.165) is 28.1 Å². The van der Waals surface area contributed by atoms with Crippen LogP contribution < -0.4 is 5.32 Å². The first-order chi connectivity index (χ1) is 15.1. The van der Waals surface area contributed by atoms with Crippen LogP contribution in [0.25, 0.3) is 16.9 Å². The number of rotatable bonds is 6. The van der Waals surface area contributed by atoms with Crippen molar-refractivity contribution >= 4 is 12.1 Å². The van der Waals surface area contributed by atoms with Gasteiger partial charge in [0.15, 0.2) is 0 Å². The first kappa shape index (κ1) is 23.1. The summed E-state index contributed by atoms with van der Waals surface area (Å²) in [6.07, 6.45) is 0.0961. The van der Waals surface area contributed by atoms with Gasteiger partial charge in [0.2, 0.25) is 0 Å². The normalized spacial score (nSPS) is 11.3. The number of ether oxygens (including phenoxy) is 1. The topological polar surface area (TPSA) is 80.6 Å². The molecule has 0 radical (unpaired) electrons. The van der Waals surface area contributed by atoms with Crippen LogP contribution in [-0.4, -0.2) is 27.3 Å². The van der Waals surface area contributed by atoms with E-state index in [-0.39, 0.29) is 6.54 Å². The van der Waals surface area contributed by atoms with E-state index in [2.05, 4.69) is 5.32 Å². The van der Waals surface area contributed by atoms with Gasteiger partial charge in [0.05, 0.1) is 16.9 Å². The Morgan fingerprint density at radius 1 is 1.03 bits per heavy atom. The number of carboxylic acid groups (broad SMARTS) is 1. The number of amides is 1. The third-order valence-corrected chi connectivity index (χ3v) is 5.20. The van der Waals surface area contributed by atoms with Crippen molar-refractivity contribution in [2.75, 3.05) is 0 Å². The fraction of sp³-hybridized carbons (Fsp3) is 0.308. The average Bonchev–Trinajstić information content (AvgIpc) is 3.04. The summed E-state index contributed by atoms with van der Waals surface area (Å²) in [7, 11) is 0. The molecule has 0 atom stereocenters. The van der Waals surface area contributed by atoms with Crippen molar-refractivity contribution in [2.24, 2.45) is 0 Å². The van der Waals surface area contributed by atoms with Crippen molar-refractivity contribution < 1.29 is 19.4 Å². The lowest BCUT2D eigenvalue weighted by molar-refractivity contribution is 0.0523. The van der Waals surface area contributed by atoms with Gasteiger partial charge in [-0.3, -0.25) is 0 Å². The van der Waals surface area contributed by atoms with E-state index >= 15 is 0 Å². The Hall–Kier alpha value is -3.54. The van der Waals surface area contributed by atoms with Crippen LogP contribution in [0.1, 0.15) is 54.9 Å². The molecule has 32 heavy (non-hydrogen) atoms. The van der Waals surface area contributed by atoms with Gasteiger partial charge in [-0.2, -0.15) is 0 Å². The minimum absolute atomic E-state index is 0.251. The molecular formula is C26H30N2O4. The monoisotopic (exact) mass is 434 g/mol. The maximum Gasteiger partial charge on any atom is 0.407 e. The standard InChI is InChI=1S/C26H30N2O4/c1-6-20-17(2)28(23(22(20)24(29)30)18-12-8-7-9-13-18)21-15-11-10-14-19(21)16-27-25(31)32-26(3,4)5/h7-15H,6,16H2,1-5H3,(H,27,31)(H,29,30). The van der Waals surface area contributed by atoms with E-state index in [9.17, 15) is 14.7 Å². The van der Waals surface area contributed by atoms with Crippen molar-refractivity contribution in [3.63, 3.8) is 0 Å². The maximum atomic E-state index is 12.3. The Morgan fingerprint density at radius 2 is 1.66 bits per heavy atom. The van der Waals surface area contributed by atoms with Crippen LogP contribution in [0, 0.1) is 6.92 Å². The predicted octanol–water partition coefficient (Wildman–Crippen LogP) is 5.74. The molecule has 0 saturated heterocycles. The molecule has 0 bridgehead atoms. The molecule has 2 N–H and O–H groups in total. The van der Waals surface area contributed by atoms with Crippen LogP contribution >= 0.6 is 0 Å². The second kappa shape index (κ2) is 9.30. The molecule has 1 heterocycles. The summed E-state index contributed by atoms with van der Waals surface area (Å²) < 4.78 is 7.35. The highest BCUT2D eigenvalue weighted by Crippen LogP contribution is 2.35. The largest absolute Gasteiger partial charge is 0.478 e. The lowest BCUT2D eigenvalue weighted by Gasteiger charge is -2.21. The molecule has 6 heteroatoms. The molecule has 3 aromatic rings.